The maximum Gasteiger partial charge on any atom is 0.389 e. The minimum Gasteiger partial charge on any atom is -0.508 e. The van der Waals surface area contributed by atoms with Gasteiger partial charge in [-0.15, -0.1) is 0 Å². The van der Waals surface area contributed by atoms with Crippen molar-refractivity contribution >= 4 is 47.7 Å². The van der Waals surface area contributed by atoms with Crippen LogP contribution >= 0.6 is 0 Å². The number of carbonyl (C=O) groups is 4. The van der Waals surface area contributed by atoms with E-state index < -0.39 is 83.5 Å². The molecule has 0 bridgehead atoms. The molecule has 0 fully saturated rings. The molecule has 0 saturated heterocycles. The predicted octanol–water partition coefficient (Wildman–Crippen LogP) is 11.0. The molecular formula is C49H42F6N2O14. The Bertz CT molecular complexity index is 2640. The second kappa shape index (κ2) is 26.8. The maximum absolute atomic E-state index is 12.7. The summed E-state index contributed by atoms with van der Waals surface area (Å²) in [6.07, 6.45) is -4.90. The molecule has 0 radical (unpaired) electrons. The van der Waals surface area contributed by atoms with E-state index in [0.717, 1.165) is 30.4 Å². The van der Waals surface area contributed by atoms with Gasteiger partial charge in [-0.1, -0.05) is 24.3 Å². The van der Waals surface area contributed by atoms with Gasteiger partial charge < -0.3 is 28.8 Å². The fraction of sp³-hybridized carbons (Fsp3) is 0.224. The molecule has 1 N–H and O–H groups in total. The zero-order valence-corrected chi connectivity index (χ0v) is 37.0. The number of esters is 3. The van der Waals surface area contributed by atoms with Gasteiger partial charge in [0.15, 0.2) is 0 Å². The summed E-state index contributed by atoms with van der Waals surface area (Å²) >= 11 is 0. The molecule has 1 atom stereocenters. The molecule has 0 amide bonds. The molecule has 5 aromatic carbocycles. The molecule has 16 nitrogen and oxygen atoms in total. The Kier molecular flexibility index (Phi) is 20.8. The van der Waals surface area contributed by atoms with Crippen LogP contribution in [0.5, 0.6) is 23.0 Å². The third kappa shape index (κ3) is 20.7. The number of nitro groups is 2. The number of benzene rings is 5. The van der Waals surface area contributed by atoms with Crippen molar-refractivity contribution in [2.24, 2.45) is 0 Å². The van der Waals surface area contributed by atoms with Crippen molar-refractivity contribution in [2.45, 2.75) is 44.0 Å². The van der Waals surface area contributed by atoms with Crippen LogP contribution in [0, 0.1) is 20.2 Å². The number of aromatic hydroxyl groups is 1. The molecule has 0 aliphatic rings. The highest BCUT2D eigenvalue weighted by atomic mass is 19.4. The van der Waals surface area contributed by atoms with E-state index in [1.54, 1.807) is 24.3 Å². The van der Waals surface area contributed by atoms with Gasteiger partial charge >= 0.3 is 30.3 Å². The van der Waals surface area contributed by atoms with E-state index in [-0.39, 0.29) is 54.4 Å². The lowest BCUT2D eigenvalue weighted by Gasteiger charge is -2.17. The summed E-state index contributed by atoms with van der Waals surface area (Å²) in [6.45, 7) is -1.15. The Hall–Kier alpha value is -8.56. The number of carbonyl (C=O) groups excluding carboxylic acids is 4. The van der Waals surface area contributed by atoms with Gasteiger partial charge in [0.1, 0.15) is 42.5 Å². The first-order valence-electron chi connectivity index (χ1n) is 21.0. The van der Waals surface area contributed by atoms with Crippen LogP contribution in [0.2, 0.25) is 0 Å². The van der Waals surface area contributed by atoms with E-state index in [0.29, 0.717) is 28.7 Å². The van der Waals surface area contributed by atoms with Gasteiger partial charge in [0.2, 0.25) is 0 Å². The molecule has 5 rings (SSSR count). The lowest BCUT2D eigenvalue weighted by molar-refractivity contribution is -0.394. The summed E-state index contributed by atoms with van der Waals surface area (Å²) in [6, 6.07) is 26.6. The predicted molar refractivity (Wildman–Crippen MR) is 242 cm³/mol. The first-order valence-corrected chi connectivity index (χ1v) is 21.0. The highest BCUT2D eigenvalue weighted by Crippen LogP contribution is 2.32. The minimum atomic E-state index is -4.27. The lowest BCUT2D eigenvalue weighted by atomic mass is 9.98. The monoisotopic (exact) mass is 996 g/mol. The average Bonchev–Trinajstić information content (AvgIpc) is 3.33. The third-order valence-corrected chi connectivity index (χ3v) is 9.38. The van der Waals surface area contributed by atoms with Crippen LogP contribution in [0.1, 0.15) is 69.0 Å². The maximum atomic E-state index is 12.7. The first kappa shape index (κ1) is 55.0. The quantitative estimate of drug-likeness (QED) is 0.00996. The summed E-state index contributed by atoms with van der Waals surface area (Å²) in [5.74, 6) is -2.60. The number of nitro benzene ring substituents is 2. The largest absolute Gasteiger partial charge is 0.508 e. The topological polar surface area (TPSA) is 221 Å². The molecule has 5 aromatic rings. The number of hydrogen-bond acceptors (Lipinski definition) is 14. The zero-order valence-electron chi connectivity index (χ0n) is 37.0. The summed E-state index contributed by atoms with van der Waals surface area (Å²) in [5.41, 5.74) is 0.429. The third-order valence-electron chi connectivity index (χ3n) is 9.38. The number of alkyl halides is 6. The number of nitrogens with zero attached hydrogens (tertiary/aromatic N) is 2. The van der Waals surface area contributed by atoms with Crippen molar-refractivity contribution in [3.8, 4) is 23.0 Å². The fourth-order valence-corrected chi connectivity index (χ4v) is 5.82. The van der Waals surface area contributed by atoms with E-state index >= 15 is 0 Å². The van der Waals surface area contributed by atoms with Crippen LogP contribution in [0.15, 0.2) is 127 Å². The number of non-ortho nitro benzene ring substituents is 1. The molecule has 0 aliphatic carbocycles. The number of aldehydes is 1. The summed E-state index contributed by atoms with van der Waals surface area (Å²) in [7, 11) is 0. The van der Waals surface area contributed by atoms with Crippen LogP contribution < -0.4 is 14.2 Å². The van der Waals surface area contributed by atoms with Gasteiger partial charge in [-0.2, -0.15) is 26.3 Å². The van der Waals surface area contributed by atoms with Gasteiger partial charge in [-0.3, -0.25) is 25.0 Å². The molecule has 0 spiro atoms. The Morgan fingerprint density at radius 2 is 1.06 bits per heavy atom. The van der Waals surface area contributed by atoms with E-state index in [9.17, 15) is 70.9 Å². The van der Waals surface area contributed by atoms with Crippen molar-refractivity contribution in [3.05, 3.63) is 175 Å². The number of hydrogen-bond donors (Lipinski definition) is 1. The van der Waals surface area contributed by atoms with Crippen molar-refractivity contribution < 1.29 is 84.2 Å². The van der Waals surface area contributed by atoms with Crippen LogP contribution in [-0.4, -0.2) is 77.9 Å². The molecule has 22 heteroatoms. The van der Waals surface area contributed by atoms with E-state index in [1.807, 2.05) is 0 Å². The van der Waals surface area contributed by atoms with Crippen LogP contribution in [0.3, 0.4) is 0 Å². The lowest BCUT2D eigenvalue weighted by Crippen LogP contribution is -2.19. The van der Waals surface area contributed by atoms with Crippen molar-refractivity contribution in [2.75, 3.05) is 26.4 Å². The smallest absolute Gasteiger partial charge is 0.389 e. The molecule has 1 unspecified atom stereocenters. The molecule has 0 saturated carbocycles. The Morgan fingerprint density at radius 1 is 0.606 bits per heavy atom. The summed E-state index contributed by atoms with van der Waals surface area (Å²) < 4.78 is 98.4. The van der Waals surface area contributed by atoms with Crippen LogP contribution in [0.25, 0.3) is 12.2 Å². The minimum absolute atomic E-state index is 0.0138. The average molecular weight is 997 g/mol. The fourth-order valence-electron chi connectivity index (χ4n) is 5.82. The zero-order chi connectivity index (χ0) is 52.0. The Labute approximate surface area is 400 Å². The SMILES string of the molecule is O=C(/C=C/c1ccc(O)cc1)OCC(COC(=O)/C=C/c1ccc(OC(=O)c2ccc(OCCCC(F)(F)F)cc2)cc1)c1ccc([N+](=O)[O-])cc1[N+](=O)[O-].O=Cc1ccc(OCCCC(F)(F)F)cc1. The number of phenols is 1. The number of phenolic OH excluding ortho intramolecular Hbond substituents is 1. The molecule has 0 aliphatic heterocycles. The molecule has 0 heterocycles. The summed E-state index contributed by atoms with van der Waals surface area (Å²) in [4.78, 5) is 69.4. The van der Waals surface area contributed by atoms with Crippen molar-refractivity contribution in [1.82, 2.24) is 0 Å². The van der Waals surface area contributed by atoms with Gasteiger partial charge in [-0.05, 0) is 115 Å². The Morgan fingerprint density at radius 3 is 1.51 bits per heavy atom. The second-order valence-corrected chi connectivity index (χ2v) is 14.8. The molecule has 0 aromatic heterocycles. The highest BCUT2D eigenvalue weighted by molar-refractivity contribution is 5.91. The summed E-state index contributed by atoms with van der Waals surface area (Å²) in [5, 5.41) is 32.5. The van der Waals surface area contributed by atoms with Gasteiger partial charge in [0.05, 0.1) is 40.6 Å². The molecule has 374 valence electrons. The van der Waals surface area contributed by atoms with Crippen LogP contribution in [0.4, 0.5) is 37.7 Å². The molecular weight excluding hydrogens is 955 g/mol. The second-order valence-electron chi connectivity index (χ2n) is 14.8. The van der Waals surface area contributed by atoms with Crippen molar-refractivity contribution in [1.29, 1.82) is 0 Å². The number of rotatable bonds is 22. The van der Waals surface area contributed by atoms with Crippen molar-refractivity contribution in [3.63, 3.8) is 0 Å². The first-order chi connectivity index (χ1) is 33.7. The number of halogens is 6. The number of ether oxygens (including phenoxy) is 5. The normalized spacial score (nSPS) is 11.7. The highest BCUT2D eigenvalue weighted by Gasteiger charge is 2.29. The van der Waals surface area contributed by atoms with E-state index in [4.69, 9.17) is 23.7 Å². The van der Waals surface area contributed by atoms with Gasteiger partial charge in [-0.25, -0.2) is 14.4 Å². The van der Waals surface area contributed by atoms with Crippen LogP contribution in [-0.2, 0) is 19.1 Å². The molecule has 71 heavy (non-hydrogen) atoms. The van der Waals surface area contributed by atoms with E-state index in [2.05, 4.69) is 0 Å². The van der Waals surface area contributed by atoms with Gasteiger partial charge in [0.25, 0.3) is 11.4 Å². The Balaban J connectivity index is 0.000000580. The standard InChI is InChI=1S/C38H31F3N2O12.C11H11F3O2/c39-38(40,41)20-1-21-52-31-15-8-27(9-16-31)37(47)55-32-13-4-26(5-14-32)7-19-36(46)54-24-28(33-17-10-29(42(48)49)22-34(33)43(50)51)23-53-35(45)18-6-25-2-11-30(44)12-3-25;12-11(13,14)6-1-7-16-10-4-2-9(8-15)3-5-10/h2-19,22,28,44H,1,20-21,23-24H2;2-5,8H,1,6-7H2/b18-6+,19-7+;. The van der Waals surface area contributed by atoms with E-state index in [1.165, 1.54) is 84.9 Å². The van der Waals surface area contributed by atoms with Gasteiger partial charge in [0, 0.05) is 42.2 Å².